The molecule has 0 amide bonds. The molecule has 0 atom stereocenters. The van der Waals surface area contributed by atoms with Crippen LogP contribution < -0.4 is 0 Å². The Labute approximate surface area is 166 Å². The number of benzene rings is 2. The summed E-state index contributed by atoms with van der Waals surface area (Å²) >= 11 is 0. The fourth-order valence-corrected chi connectivity index (χ4v) is 5.05. The summed E-state index contributed by atoms with van der Waals surface area (Å²) in [5.74, 6) is -0.158. The van der Waals surface area contributed by atoms with Gasteiger partial charge in [0.2, 0.25) is 0 Å². The highest BCUT2D eigenvalue weighted by Gasteiger charge is 2.41. The lowest BCUT2D eigenvalue weighted by Gasteiger charge is -2.40. The van der Waals surface area contributed by atoms with Crippen LogP contribution in [0.15, 0.2) is 67.0 Å². The van der Waals surface area contributed by atoms with Crippen molar-refractivity contribution >= 4 is 0 Å². The van der Waals surface area contributed by atoms with E-state index < -0.39 is 0 Å². The standard InChI is InChI=1S/C25H25FN2/c26-23-6-3-19(4-7-23)18-28-14-11-25(12-15-28)10-9-21-16-20(5-8-24(21)25)22-2-1-13-27-17-22/h1-8,13,16-17H,9-12,14-15,18H2. The quantitative estimate of drug-likeness (QED) is 0.615. The van der Waals surface area contributed by atoms with Gasteiger partial charge in [0.05, 0.1) is 0 Å². The van der Waals surface area contributed by atoms with E-state index in [2.05, 4.69) is 34.1 Å². The summed E-state index contributed by atoms with van der Waals surface area (Å²) in [6.45, 7) is 3.14. The minimum atomic E-state index is -0.158. The van der Waals surface area contributed by atoms with Crippen LogP contribution in [0.1, 0.15) is 36.0 Å². The van der Waals surface area contributed by atoms with Gasteiger partial charge in [0.15, 0.2) is 0 Å². The number of pyridine rings is 1. The number of rotatable bonds is 3. The van der Waals surface area contributed by atoms with Gasteiger partial charge in [-0.1, -0.05) is 36.4 Å². The summed E-state index contributed by atoms with van der Waals surface area (Å²) in [5.41, 5.74) is 7.11. The first kappa shape index (κ1) is 17.6. The molecule has 0 saturated carbocycles. The van der Waals surface area contributed by atoms with Gasteiger partial charge < -0.3 is 0 Å². The van der Waals surface area contributed by atoms with E-state index in [0.717, 1.165) is 19.6 Å². The molecule has 3 heteroatoms. The zero-order chi connectivity index (χ0) is 19.0. The molecule has 2 nitrogen and oxygen atoms in total. The molecule has 0 unspecified atom stereocenters. The third-order valence-electron chi connectivity index (χ3n) is 6.68. The Balaban J connectivity index is 1.30. The van der Waals surface area contributed by atoms with E-state index in [4.69, 9.17) is 0 Å². The highest BCUT2D eigenvalue weighted by molar-refractivity contribution is 5.65. The van der Waals surface area contributed by atoms with Crippen molar-refractivity contribution in [3.05, 3.63) is 89.5 Å². The highest BCUT2D eigenvalue weighted by Crippen LogP contribution is 2.47. The van der Waals surface area contributed by atoms with Crippen molar-refractivity contribution in [2.45, 2.75) is 37.6 Å². The fourth-order valence-electron chi connectivity index (χ4n) is 5.05. The summed E-state index contributed by atoms with van der Waals surface area (Å²) in [4.78, 5) is 6.77. The first-order valence-electron chi connectivity index (χ1n) is 10.2. The molecule has 2 aliphatic rings. The smallest absolute Gasteiger partial charge is 0.123 e. The number of aromatic nitrogens is 1. The SMILES string of the molecule is Fc1ccc(CN2CCC3(CCc4cc(-c5cccnc5)ccc43)CC2)cc1. The predicted molar refractivity (Wildman–Crippen MR) is 111 cm³/mol. The molecule has 5 rings (SSSR count). The van der Waals surface area contributed by atoms with E-state index >= 15 is 0 Å². The number of hydrogen-bond donors (Lipinski definition) is 0. The van der Waals surface area contributed by atoms with Crippen LogP contribution in [0.2, 0.25) is 0 Å². The van der Waals surface area contributed by atoms with Crippen molar-refractivity contribution in [1.29, 1.82) is 0 Å². The van der Waals surface area contributed by atoms with Gasteiger partial charge >= 0.3 is 0 Å². The Morgan fingerprint density at radius 1 is 0.929 bits per heavy atom. The number of hydrogen-bond acceptors (Lipinski definition) is 2. The first-order valence-corrected chi connectivity index (χ1v) is 10.2. The van der Waals surface area contributed by atoms with Crippen molar-refractivity contribution in [3.8, 4) is 11.1 Å². The van der Waals surface area contributed by atoms with Gasteiger partial charge in [-0.05, 0) is 90.2 Å². The molecule has 1 aliphatic carbocycles. The zero-order valence-corrected chi connectivity index (χ0v) is 16.1. The lowest BCUT2D eigenvalue weighted by molar-refractivity contribution is 0.152. The number of piperidine rings is 1. The number of aryl methyl sites for hydroxylation is 1. The first-order chi connectivity index (χ1) is 13.7. The van der Waals surface area contributed by atoms with Crippen LogP contribution in [0, 0.1) is 5.82 Å². The molecule has 2 heterocycles. The van der Waals surface area contributed by atoms with Crippen molar-refractivity contribution in [3.63, 3.8) is 0 Å². The monoisotopic (exact) mass is 372 g/mol. The maximum Gasteiger partial charge on any atom is 0.123 e. The van der Waals surface area contributed by atoms with Crippen molar-refractivity contribution in [2.24, 2.45) is 0 Å². The van der Waals surface area contributed by atoms with E-state index in [1.165, 1.54) is 47.9 Å². The number of fused-ring (bicyclic) bond motifs is 2. The molecule has 0 N–H and O–H groups in total. The summed E-state index contributed by atoms with van der Waals surface area (Å²) in [5, 5.41) is 0. The zero-order valence-electron chi connectivity index (χ0n) is 16.1. The predicted octanol–water partition coefficient (Wildman–Crippen LogP) is 5.37. The van der Waals surface area contributed by atoms with E-state index in [0.29, 0.717) is 5.41 Å². The van der Waals surface area contributed by atoms with Gasteiger partial charge in [-0.2, -0.15) is 0 Å². The Kier molecular flexibility index (Phi) is 4.48. The van der Waals surface area contributed by atoms with Gasteiger partial charge in [0.1, 0.15) is 5.82 Å². The molecular formula is C25H25FN2. The normalized spacial score (nSPS) is 18.3. The second-order valence-corrected chi connectivity index (χ2v) is 8.30. The van der Waals surface area contributed by atoms with Gasteiger partial charge in [0, 0.05) is 18.9 Å². The summed E-state index contributed by atoms with van der Waals surface area (Å²) < 4.78 is 13.1. The maximum absolute atomic E-state index is 13.1. The lowest BCUT2D eigenvalue weighted by Crippen LogP contribution is -2.41. The number of halogens is 1. The third-order valence-corrected chi connectivity index (χ3v) is 6.68. The van der Waals surface area contributed by atoms with Gasteiger partial charge in [0.25, 0.3) is 0 Å². The molecule has 1 saturated heterocycles. The van der Waals surface area contributed by atoms with E-state index in [9.17, 15) is 4.39 Å². The van der Waals surface area contributed by atoms with Crippen LogP contribution in [0.4, 0.5) is 4.39 Å². The largest absolute Gasteiger partial charge is 0.299 e. The van der Waals surface area contributed by atoms with Crippen LogP contribution in [-0.2, 0) is 18.4 Å². The molecular weight excluding hydrogens is 347 g/mol. The topological polar surface area (TPSA) is 16.1 Å². The van der Waals surface area contributed by atoms with Crippen LogP contribution >= 0.6 is 0 Å². The van der Waals surface area contributed by atoms with E-state index in [1.54, 1.807) is 17.7 Å². The Hall–Kier alpha value is -2.52. The van der Waals surface area contributed by atoms with Gasteiger partial charge in [-0.15, -0.1) is 0 Å². The Morgan fingerprint density at radius 3 is 2.50 bits per heavy atom. The van der Waals surface area contributed by atoms with Gasteiger partial charge in [-0.25, -0.2) is 4.39 Å². The molecule has 1 fully saturated rings. The van der Waals surface area contributed by atoms with Crippen molar-refractivity contribution < 1.29 is 4.39 Å². The highest BCUT2D eigenvalue weighted by atomic mass is 19.1. The average Bonchev–Trinajstić information content (AvgIpc) is 3.10. The molecule has 1 aliphatic heterocycles. The van der Waals surface area contributed by atoms with Crippen LogP contribution in [0.25, 0.3) is 11.1 Å². The Morgan fingerprint density at radius 2 is 1.75 bits per heavy atom. The molecule has 3 aromatic rings. The Bertz CT molecular complexity index is 958. The maximum atomic E-state index is 13.1. The minimum absolute atomic E-state index is 0.158. The van der Waals surface area contributed by atoms with E-state index in [-0.39, 0.29) is 5.82 Å². The van der Waals surface area contributed by atoms with Crippen LogP contribution in [-0.4, -0.2) is 23.0 Å². The van der Waals surface area contributed by atoms with Crippen LogP contribution in [0.5, 0.6) is 0 Å². The summed E-state index contributed by atoms with van der Waals surface area (Å²) in [6.07, 6.45) is 8.65. The second-order valence-electron chi connectivity index (χ2n) is 8.30. The van der Waals surface area contributed by atoms with Gasteiger partial charge in [-0.3, -0.25) is 9.88 Å². The second kappa shape index (κ2) is 7.14. The third kappa shape index (κ3) is 3.24. The molecule has 0 bridgehead atoms. The number of nitrogens with zero attached hydrogens (tertiary/aromatic N) is 2. The molecule has 1 aromatic heterocycles. The molecule has 142 valence electrons. The molecule has 0 radical (unpaired) electrons. The number of likely N-dealkylation sites (tertiary alicyclic amines) is 1. The molecule has 2 aromatic carbocycles. The lowest BCUT2D eigenvalue weighted by atomic mass is 9.73. The average molecular weight is 372 g/mol. The molecule has 1 spiro atoms. The van der Waals surface area contributed by atoms with Crippen LogP contribution in [0.3, 0.4) is 0 Å². The fraction of sp³-hybridized carbons (Fsp3) is 0.320. The minimum Gasteiger partial charge on any atom is -0.299 e. The van der Waals surface area contributed by atoms with Crippen molar-refractivity contribution in [2.75, 3.05) is 13.1 Å². The van der Waals surface area contributed by atoms with E-state index in [1.807, 2.05) is 30.6 Å². The molecule has 28 heavy (non-hydrogen) atoms. The summed E-state index contributed by atoms with van der Waals surface area (Å²) in [6, 6.07) is 18.1. The summed E-state index contributed by atoms with van der Waals surface area (Å²) in [7, 11) is 0. The van der Waals surface area contributed by atoms with Crippen molar-refractivity contribution in [1.82, 2.24) is 9.88 Å².